The van der Waals surface area contributed by atoms with E-state index in [1.54, 1.807) is 4.90 Å². The second-order valence-corrected chi connectivity index (χ2v) is 5.39. The largest absolute Gasteiger partial charge is 0.326 e. The van der Waals surface area contributed by atoms with E-state index in [0.717, 1.165) is 30.9 Å². The summed E-state index contributed by atoms with van der Waals surface area (Å²) < 4.78 is 0. The van der Waals surface area contributed by atoms with Crippen LogP contribution in [-0.2, 0) is 9.59 Å². The number of nitrogens with zero attached hydrogens (tertiary/aromatic N) is 1. The first-order chi connectivity index (χ1) is 10.1. The molecular weight excluding hydrogens is 266 g/mol. The third-order valence-electron chi connectivity index (χ3n) is 3.67. The smallest absolute Gasteiger partial charge is 0.228 e. The molecule has 0 aliphatic carbocycles. The molecule has 0 aromatic heterocycles. The van der Waals surface area contributed by atoms with E-state index >= 15 is 0 Å². The molecule has 21 heavy (non-hydrogen) atoms. The molecule has 5 heteroatoms. The fraction of sp³-hybridized carbons (Fsp3) is 0.500. The summed E-state index contributed by atoms with van der Waals surface area (Å²) in [5.74, 6) is 0.0942. The second-order valence-electron chi connectivity index (χ2n) is 5.39. The standard InChI is InChI=1S/C16H23N3O2/c1-3-17-11-12(2)16(21)18-13-6-8-14(9-7-13)19-10-4-5-15(19)20/h6-9,12,17H,3-5,10-11H2,1-2H3,(H,18,21). The number of hydrogen-bond acceptors (Lipinski definition) is 3. The summed E-state index contributed by atoms with van der Waals surface area (Å²) in [5, 5.41) is 6.06. The number of hydrogen-bond donors (Lipinski definition) is 2. The zero-order chi connectivity index (χ0) is 15.2. The van der Waals surface area contributed by atoms with Crippen LogP contribution in [0.15, 0.2) is 24.3 Å². The van der Waals surface area contributed by atoms with Crippen LogP contribution in [0.1, 0.15) is 26.7 Å². The van der Waals surface area contributed by atoms with Gasteiger partial charge in [-0.2, -0.15) is 0 Å². The van der Waals surface area contributed by atoms with Crippen LogP contribution >= 0.6 is 0 Å². The lowest BCUT2D eigenvalue weighted by Gasteiger charge is -2.17. The van der Waals surface area contributed by atoms with Crippen LogP contribution in [0.2, 0.25) is 0 Å². The summed E-state index contributed by atoms with van der Waals surface area (Å²) in [5.41, 5.74) is 1.66. The highest BCUT2D eigenvalue weighted by molar-refractivity contribution is 5.96. The number of nitrogens with one attached hydrogen (secondary N) is 2. The van der Waals surface area contributed by atoms with Gasteiger partial charge in [0, 0.05) is 36.8 Å². The number of carbonyl (C=O) groups is 2. The van der Waals surface area contributed by atoms with Crippen LogP contribution in [0, 0.1) is 5.92 Å². The Morgan fingerprint density at radius 2 is 2.05 bits per heavy atom. The Morgan fingerprint density at radius 1 is 1.33 bits per heavy atom. The lowest BCUT2D eigenvalue weighted by Crippen LogP contribution is -2.30. The highest BCUT2D eigenvalue weighted by Gasteiger charge is 2.21. The van der Waals surface area contributed by atoms with Gasteiger partial charge in [-0.15, -0.1) is 0 Å². The molecule has 0 radical (unpaired) electrons. The Balaban J connectivity index is 1.93. The zero-order valence-corrected chi connectivity index (χ0v) is 12.7. The molecule has 0 bridgehead atoms. The minimum Gasteiger partial charge on any atom is -0.326 e. The van der Waals surface area contributed by atoms with Crippen molar-refractivity contribution in [1.82, 2.24) is 5.32 Å². The maximum absolute atomic E-state index is 12.0. The summed E-state index contributed by atoms with van der Waals surface area (Å²) >= 11 is 0. The summed E-state index contributed by atoms with van der Waals surface area (Å²) in [6.45, 7) is 6.22. The number of amides is 2. The fourth-order valence-electron chi connectivity index (χ4n) is 2.36. The quantitative estimate of drug-likeness (QED) is 0.842. The topological polar surface area (TPSA) is 61.4 Å². The summed E-state index contributed by atoms with van der Waals surface area (Å²) in [7, 11) is 0. The van der Waals surface area contributed by atoms with Gasteiger partial charge in [0.1, 0.15) is 0 Å². The van der Waals surface area contributed by atoms with Crippen molar-refractivity contribution in [2.75, 3.05) is 29.9 Å². The molecular formula is C16H23N3O2. The predicted molar refractivity (Wildman–Crippen MR) is 84.4 cm³/mol. The number of benzene rings is 1. The van der Waals surface area contributed by atoms with Gasteiger partial charge in [-0.05, 0) is 37.2 Å². The van der Waals surface area contributed by atoms with Gasteiger partial charge in [0.2, 0.25) is 11.8 Å². The van der Waals surface area contributed by atoms with E-state index in [1.165, 1.54) is 0 Å². The Bertz CT molecular complexity index is 499. The van der Waals surface area contributed by atoms with Crippen LogP contribution in [0.25, 0.3) is 0 Å². The van der Waals surface area contributed by atoms with Crippen LogP contribution in [0.3, 0.4) is 0 Å². The third-order valence-corrected chi connectivity index (χ3v) is 3.67. The maximum Gasteiger partial charge on any atom is 0.228 e. The van der Waals surface area contributed by atoms with E-state index in [2.05, 4.69) is 10.6 Å². The van der Waals surface area contributed by atoms with Crippen molar-refractivity contribution >= 4 is 23.2 Å². The minimum absolute atomic E-state index is 0.000879. The van der Waals surface area contributed by atoms with E-state index in [4.69, 9.17) is 0 Å². The molecule has 1 aliphatic heterocycles. The fourth-order valence-corrected chi connectivity index (χ4v) is 2.36. The lowest BCUT2D eigenvalue weighted by molar-refractivity contribution is -0.119. The number of anilines is 2. The molecule has 1 aliphatic rings. The number of carbonyl (C=O) groups excluding carboxylic acids is 2. The second kappa shape index (κ2) is 7.22. The molecule has 2 N–H and O–H groups in total. The van der Waals surface area contributed by atoms with Crippen molar-refractivity contribution in [1.29, 1.82) is 0 Å². The van der Waals surface area contributed by atoms with Crippen molar-refractivity contribution in [3.8, 4) is 0 Å². The first-order valence-corrected chi connectivity index (χ1v) is 7.54. The molecule has 1 heterocycles. The van der Waals surface area contributed by atoms with Crippen molar-refractivity contribution in [3.05, 3.63) is 24.3 Å². The average Bonchev–Trinajstić information content (AvgIpc) is 2.91. The zero-order valence-electron chi connectivity index (χ0n) is 12.7. The van der Waals surface area contributed by atoms with Crippen LogP contribution < -0.4 is 15.5 Å². The average molecular weight is 289 g/mol. The summed E-state index contributed by atoms with van der Waals surface area (Å²) in [6.07, 6.45) is 1.54. The highest BCUT2D eigenvalue weighted by Crippen LogP contribution is 2.23. The molecule has 5 nitrogen and oxygen atoms in total. The van der Waals surface area contributed by atoms with E-state index in [-0.39, 0.29) is 17.7 Å². The van der Waals surface area contributed by atoms with Gasteiger partial charge in [0.25, 0.3) is 0 Å². The van der Waals surface area contributed by atoms with Gasteiger partial charge in [0.05, 0.1) is 0 Å². The summed E-state index contributed by atoms with van der Waals surface area (Å²) in [6, 6.07) is 7.46. The molecule has 2 amide bonds. The normalized spacial score (nSPS) is 16.1. The van der Waals surface area contributed by atoms with Crippen molar-refractivity contribution < 1.29 is 9.59 Å². The highest BCUT2D eigenvalue weighted by atomic mass is 16.2. The van der Waals surface area contributed by atoms with Gasteiger partial charge < -0.3 is 15.5 Å². The SMILES string of the molecule is CCNCC(C)C(=O)Nc1ccc(N2CCCC2=O)cc1. The van der Waals surface area contributed by atoms with E-state index in [0.29, 0.717) is 13.0 Å². The van der Waals surface area contributed by atoms with Gasteiger partial charge in [-0.25, -0.2) is 0 Å². The first kappa shape index (κ1) is 15.5. The van der Waals surface area contributed by atoms with Crippen molar-refractivity contribution in [2.45, 2.75) is 26.7 Å². The molecule has 1 saturated heterocycles. The Kier molecular flexibility index (Phi) is 5.33. The molecule has 1 fully saturated rings. The lowest BCUT2D eigenvalue weighted by atomic mass is 10.1. The molecule has 114 valence electrons. The van der Waals surface area contributed by atoms with E-state index in [9.17, 15) is 9.59 Å². The van der Waals surface area contributed by atoms with Crippen molar-refractivity contribution in [3.63, 3.8) is 0 Å². The molecule has 1 aromatic rings. The van der Waals surface area contributed by atoms with Crippen LogP contribution in [-0.4, -0.2) is 31.4 Å². The molecule has 1 atom stereocenters. The Labute approximate surface area is 125 Å². The van der Waals surface area contributed by atoms with E-state index < -0.39 is 0 Å². The van der Waals surface area contributed by atoms with Gasteiger partial charge in [-0.3, -0.25) is 9.59 Å². The maximum atomic E-state index is 12.0. The number of rotatable bonds is 6. The Hall–Kier alpha value is -1.88. The predicted octanol–water partition coefficient (Wildman–Crippen LogP) is 2.00. The van der Waals surface area contributed by atoms with Gasteiger partial charge in [-0.1, -0.05) is 13.8 Å². The summed E-state index contributed by atoms with van der Waals surface area (Å²) in [4.78, 5) is 25.5. The van der Waals surface area contributed by atoms with Crippen LogP contribution in [0.5, 0.6) is 0 Å². The van der Waals surface area contributed by atoms with E-state index in [1.807, 2.05) is 38.1 Å². The molecule has 1 aromatic carbocycles. The van der Waals surface area contributed by atoms with Gasteiger partial charge in [0.15, 0.2) is 0 Å². The Morgan fingerprint density at radius 3 is 2.62 bits per heavy atom. The third kappa shape index (κ3) is 4.04. The first-order valence-electron chi connectivity index (χ1n) is 7.54. The molecule has 1 unspecified atom stereocenters. The van der Waals surface area contributed by atoms with Crippen molar-refractivity contribution in [2.24, 2.45) is 5.92 Å². The monoisotopic (exact) mass is 289 g/mol. The van der Waals surface area contributed by atoms with Crippen LogP contribution in [0.4, 0.5) is 11.4 Å². The minimum atomic E-state index is -0.0789. The molecule has 2 rings (SSSR count). The molecule has 0 spiro atoms. The van der Waals surface area contributed by atoms with Gasteiger partial charge >= 0.3 is 0 Å². The molecule has 0 saturated carbocycles.